The SMILES string of the molecule is O=C(O)c1ccnc(Sc2ncc(Br)cn2)c1. The number of pyridine rings is 1. The van der Waals surface area contributed by atoms with Crippen LogP contribution in [-0.2, 0) is 0 Å². The summed E-state index contributed by atoms with van der Waals surface area (Å²) < 4.78 is 0.786. The van der Waals surface area contributed by atoms with Crippen LogP contribution >= 0.6 is 27.7 Å². The molecule has 0 unspecified atom stereocenters. The molecule has 0 saturated carbocycles. The molecule has 2 aromatic heterocycles. The first kappa shape index (κ1) is 12.0. The van der Waals surface area contributed by atoms with E-state index in [9.17, 15) is 4.79 Å². The molecule has 17 heavy (non-hydrogen) atoms. The van der Waals surface area contributed by atoms with Crippen LogP contribution in [0.1, 0.15) is 10.4 Å². The zero-order valence-electron chi connectivity index (χ0n) is 8.37. The van der Waals surface area contributed by atoms with E-state index >= 15 is 0 Å². The molecule has 2 rings (SSSR count). The summed E-state index contributed by atoms with van der Waals surface area (Å²) in [6.45, 7) is 0. The molecule has 0 aliphatic heterocycles. The van der Waals surface area contributed by atoms with Gasteiger partial charge in [-0.25, -0.2) is 19.7 Å². The lowest BCUT2D eigenvalue weighted by molar-refractivity contribution is 0.0696. The fourth-order valence-electron chi connectivity index (χ4n) is 1.04. The summed E-state index contributed by atoms with van der Waals surface area (Å²) in [5, 5.41) is 9.90. The van der Waals surface area contributed by atoms with Gasteiger partial charge in [-0.05, 0) is 39.8 Å². The number of carbonyl (C=O) groups is 1. The molecule has 1 N–H and O–H groups in total. The molecule has 0 atom stereocenters. The maximum atomic E-state index is 10.8. The van der Waals surface area contributed by atoms with Gasteiger partial charge in [0.1, 0.15) is 5.03 Å². The average Bonchev–Trinajstić information content (AvgIpc) is 2.32. The van der Waals surface area contributed by atoms with Crippen molar-refractivity contribution in [2.45, 2.75) is 10.2 Å². The Balaban J connectivity index is 2.21. The van der Waals surface area contributed by atoms with E-state index < -0.39 is 5.97 Å². The van der Waals surface area contributed by atoms with Crippen molar-refractivity contribution in [3.63, 3.8) is 0 Å². The Labute approximate surface area is 109 Å². The van der Waals surface area contributed by atoms with Crippen LogP contribution in [0, 0.1) is 0 Å². The molecule has 7 heteroatoms. The predicted octanol–water partition coefficient (Wildman–Crippen LogP) is 2.48. The highest BCUT2D eigenvalue weighted by Crippen LogP contribution is 2.23. The number of hydrogen-bond acceptors (Lipinski definition) is 5. The molecule has 0 spiro atoms. The van der Waals surface area contributed by atoms with Gasteiger partial charge in [-0.15, -0.1) is 0 Å². The van der Waals surface area contributed by atoms with Crippen LogP contribution in [0.15, 0.2) is 45.4 Å². The second-order valence-electron chi connectivity index (χ2n) is 2.97. The van der Waals surface area contributed by atoms with Crippen molar-refractivity contribution in [1.29, 1.82) is 0 Å². The summed E-state index contributed by atoms with van der Waals surface area (Å²) >= 11 is 4.44. The van der Waals surface area contributed by atoms with Crippen LogP contribution in [0.25, 0.3) is 0 Å². The standard InChI is InChI=1S/C10H6BrN3O2S/c11-7-4-13-10(14-5-7)17-8-3-6(9(15)16)1-2-12-8/h1-5H,(H,15,16). The molecule has 0 aliphatic carbocycles. The largest absolute Gasteiger partial charge is 0.478 e. The molecule has 86 valence electrons. The highest BCUT2D eigenvalue weighted by Gasteiger charge is 2.06. The van der Waals surface area contributed by atoms with Gasteiger partial charge >= 0.3 is 5.97 Å². The van der Waals surface area contributed by atoms with Gasteiger partial charge in [0.2, 0.25) is 0 Å². The van der Waals surface area contributed by atoms with E-state index in [0.717, 1.165) is 4.47 Å². The fourth-order valence-corrected chi connectivity index (χ4v) is 1.95. The van der Waals surface area contributed by atoms with E-state index in [0.29, 0.717) is 10.2 Å². The molecule has 0 aliphatic rings. The lowest BCUT2D eigenvalue weighted by atomic mass is 10.3. The maximum Gasteiger partial charge on any atom is 0.335 e. The lowest BCUT2D eigenvalue weighted by Gasteiger charge is -2.00. The van der Waals surface area contributed by atoms with Crippen molar-refractivity contribution >= 4 is 33.7 Å². The molecular formula is C10H6BrN3O2S. The summed E-state index contributed by atoms with van der Waals surface area (Å²) in [4.78, 5) is 23.0. The molecule has 0 fully saturated rings. The normalized spacial score (nSPS) is 10.2. The monoisotopic (exact) mass is 311 g/mol. The maximum absolute atomic E-state index is 10.8. The fraction of sp³-hybridized carbons (Fsp3) is 0. The Kier molecular flexibility index (Phi) is 3.70. The number of aromatic carboxylic acids is 1. The zero-order chi connectivity index (χ0) is 12.3. The van der Waals surface area contributed by atoms with Crippen molar-refractivity contribution in [3.8, 4) is 0 Å². The van der Waals surface area contributed by atoms with E-state index in [1.54, 1.807) is 12.4 Å². The molecule has 5 nitrogen and oxygen atoms in total. The Morgan fingerprint density at radius 2 is 2.00 bits per heavy atom. The second kappa shape index (κ2) is 5.24. The topological polar surface area (TPSA) is 76.0 Å². The van der Waals surface area contributed by atoms with E-state index in [-0.39, 0.29) is 5.56 Å². The van der Waals surface area contributed by atoms with E-state index in [1.807, 2.05) is 0 Å². The van der Waals surface area contributed by atoms with Gasteiger partial charge < -0.3 is 5.11 Å². The third-order valence-electron chi connectivity index (χ3n) is 1.77. The summed E-state index contributed by atoms with van der Waals surface area (Å²) in [7, 11) is 0. The van der Waals surface area contributed by atoms with Crippen LogP contribution in [0.2, 0.25) is 0 Å². The quantitative estimate of drug-likeness (QED) is 0.878. The Bertz CT molecular complexity index is 548. The number of hydrogen-bond donors (Lipinski definition) is 1. The van der Waals surface area contributed by atoms with Gasteiger partial charge in [0.15, 0.2) is 5.16 Å². The number of halogens is 1. The zero-order valence-corrected chi connectivity index (χ0v) is 10.8. The Morgan fingerprint density at radius 3 is 2.65 bits per heavy atom. The summed E-state index contributed by atoms with van der Waals surface area (Å²) in [6.07, 6.45) is 4.69. The number of nitrogens with zero attached hydrogens (tertiary/aromatic N) is 3. The first-order chi connectivity index (χ1) is 8.15. The summed E-state index contributed by atoms with van der Waals surface area (Å²) in [5.74, 6) is -0.981. The third kappa shape index (κ3) is 3.24. The minimum Gasteiger partial charge on any atom is -0.478 e. The van der Waals surface area contributed by atoms with Crippen molar-refractivity contribution < 1.29 is 9.90 Å². The minimum absolute atomic E-state index is 0.194. The van der Waals surface area contributed by atoms with Crippen LogP contribution in [0.3, 0.4) is 0 Å². The number of carboxylic acid groups (broad SMARTS) is 1. The second-order valence-corrected chi connectivity index (χ2v) is 4.88. The lowest BCUT2D eigenvalue weighted by Crippen LogP contribution is -1.97. The molecular weight excluding hydrogens is 306 g/mol. The van der Waals surface area contributed by atoms with Gasteiger partial charge in [0, 0.05) is 18.6 Å². The van der Waals surface area contributed by atoms with Crippen molar-refractivity contribution in [3.05, 3.63) is 40.8 Å². The molecule has 0 radical (unpaired) electrons. The van der Waals surface area contributed by atoms with Gasteiger partial charge in [0.05, 0.1) is 10.0 Å². The van der Waals surface area contributed by atoms with Crippen LogP contribution in [0.4, 0.5) is 0 Å². The highest BCUT2D eigenvalue weighted by molar-refractivity contribution is 9.10. The molecule has 0 amide bonds. The van der Waals surface area contributed by atoms with Gasteiger partial charge in [-0.1, -0.05) is 0 Å². The Hall–Kier alpha value is -1.47. The Morgan fingerprint density at radius 1 is 1.29 bits per heavy atom. The van der Waals surface area contributed by atoms with E-state index in [2.05, 4.69) is 30.9 Å². The predicted molar refractivity (Wildman–Crippen MR) is 65.1 cm³/mol. The molecule has 2 aromatic rings. The highest BCUT2D eigenvalue weighted by atomic mass is 79.9. The molecule has 2 heterocycles. The van der Waals surface area contributed by atoms with Crippen LogP contribution in [-0.4, -0.2) is 26.0 Å². The average molecular weight is 312 g/mol. The minimum atomic E-state index is -0.981. The molecule has 0 bridgehead atoms. The van der Waals surface area contributed by atoms with Crippen LogP contribution in [0.5, 0.6) is 0 Å². The first-order valence-corrected chi connectivity index (χ1v) is 6.11. The van der Waals surface area contributed by atoms with Crippen LogP contribution < -0.4 is 0 Å². The van der Waals surface area contributed by atoms with E-state index in [4.69, 9.17) is 5.11 Å². The van der Waals surface area contributed by atoms with E-state index in [1.165, 1.54) is 30.1 Å². The smallest absolute Gasteiger partial charge is 0.335 e. The summed E-state index contributed by atoms with van der Waals surface area (Å²) in [5.41, 5.74) is 0.194. The van der Waals surface area contributed by atoms with Gasteiger partial charge in [-0.3, -0.25) is 0 Å². The first-order valence-electron chi connectivity index (χ1n) is 4.50. The molecule has 0 aromatic carbocycles. The number of carboxylic acids is 1. The van der Waals surface area contributed by atoms with Crippen molar-refractivity contribution in [2.75, 3.05) is 0 Å². The van der Waals surface area contributed by atoms with Gasteiger partial charge in [-0.2, -0.15) is 0 Å². The number of rotatable bonds is 3. The van der Waals surface area contributed by atoms with Crippen molar-refractivity contribution in [2.24, 2.45) is 0 Å². The van der Waals surface area contributed by atoms with Crippen molar-refractivity contribution in [1.82, 2.24) is 15.0 Å². The van der Waals surface area contributed by atoms with Gasteiger partial charge in [0.25, 0.3) is 0 Å². The molecule has 0 saturated heterocycles. The number of aromatic nitrogens is 3. The third-order valence-corrected chi connectivity index (χ3v) is 3.01. The summed E-state index contributed by atoms with van der Waals surface area (Å²) in [6, 6.07) is 2.92.